The lowest BCUT2D eigenvalue weighted by Crippen LogP contribution is -1.99. The predicted octanol–water partition coefficient (Wildman–Crippen LogP) is 1.91. The summed E-state index contributed by atoms with van der Waals surface area (Å²) in [6.07, 6.45) is 2.36. The standard InChI is InChI=1S/C13H12FNO4S/c1-20(17,18)11-4-2-3-10(7-11)19-13-12(14)9(8-16)5-6-15-13/h2-7,16H,8H2,1H3. The molecule has 0 amide bonds. The highest BCUT2D eigenvalue weighted by atomic mass is 32.2. The molecule has 0 bridgehead atoms. The van der Waals surface area contributed by atoms with E-state index in [4.69, 9.17) is 9.84 Å². The molecule has 0 radical (unpaired) electrons. The highest BCUT2D eigenvalue weighted by Crippen LogP contribution is 2.25. The molecular weight excluding hydrogens is 285 g/mol. The van der Waals surface area contributed by atoms with Crippen LogP contribution in [-0.2, 0) is 16.4 Å². The van der Waals surface area contributed by atoms with Gasteiger partial charge in [-0.15, -0.1) is 0 Å². The first kappa shape index (κ1) is 14.4. The molecular formula is C13H12FNO4S. The highest BCUT2D eigenvalue weighted by Gasteiger charge is 2.13. The third-order valence-electron chi connectivity index (χ3n) is 2.56. The van der Waals surface area contributed by atoms with Crippen LogP contribution in [0.25, 0.3) is 0 Å². The first-order valence-electron chi connectivity index (χ1n) is 5.64. The topological polar surface area (TPSA) is 76.5 Å². The Kier molecular flexibility index (Phi) is 4.01. The van der Waals surface area contributed by atoms with E-state index in [9.17, 15) is 12.8 Å². The maximum absolute atomic E-state index is 13.8. The van der Waals surface area contributed by atoms with Crippen LogP contribution in [0.2, 0.25) is 0 Å². The maximum atomic E-state index is 13.8. The molecule has 0 atom stereocenters. The van der Waals surface area contributed by atoms with Gasteiger partial charge in [-0.2, -0.15) is 0 Å². The molecule has 0 unspecified atom stereocenters. The van der Waals surface area contributed by atoms with Crippen molar-refractivity contribution in [1.29, 1.82) is 0 Å². The fraction of sp³-hybridized carbons (Fsp3) is 0.154. The van der Waals surface area contributed by atoms with Crippen LogP contribution in [0.1, 0.15) is 5.56 Å². The van der Waals surface area contributed by atoms with Crippen LogP contribution in [0.4, 0.5) is 4.39 Å². The quantitative estimate of drug-likeness (QED) is 0.933. The molecule has 0 spiro atoms. The number of sulfone groups is 1. The Labute approximate surface area is 115 Å². The second-order valence-corrected chi connectivity index (χ2v) is 6.11. The minimum Gasteiger partial charge on any atom is -0.436 e. The SMILES string of the molecule is CS(=O)(=O)c1cccc(Oc2nccc(CO)c2F)c1. The predicted molar refractivity (Wildman–Crippen MR) is 69.7 cm³/mol. The summed E-state index contributed by atoms with van der Waals surface area (Å²) in [5, 5.41) is 8.96. The first-order chi connectivity index (χ1) is 9.41. The lowest BCUT2D eigenvalue weighted by atomic mass is 10.2. The van der Waals surface area contributed by atoms with Crippen LogP contribution >= 0.6 is 0 Å². The Morgan fingerprint density at radius 2 is 2.10 bits per heavy atom. The van der Waals surface area contributed by atoms with E-state index in [1.165, 1.54) is 36.5 Å². The van der Waals surface area contributed by atoms with Crippen LogP contribution in [0.15, 0.2) is 41.4 Å². The minimum atomic E-state index is -3.37. The number of rotatable bonds is 4. The molecule has 1 aromatic carbocycles. The Morgan fingerprint density at radius 3 is 2.75 bits per heavy atom. The van der Waals surface area contributed by atoms with Crippen molar-refractivity contribution in [3.8, 4) is 11.6 Å². The Bertz CT molecular complexity index is 731. The normalized spacial score (nSPS) is 11.3. The van der Waals surface area contributed by atoms with Crippen molar-refractivity contribution in [2.45, 2.75) is 11.5 Å². The molecule has 5 nitrogen and oxygen atoms in total. The van der Waals surface area contributed by atoms with Gasteiger partial charge in [-0.3, -0.25) is 0 Å². The van der Waals surface area contributed by atoms with Crippen LogP contribution in [0.3, 0.4) is 0 Å². The van der Waals surface area contributed by atoms with E-state index in [0.29, 0.717) is 0 Å². The molecule has 0 aliphatic rings. The van der Waals surface area contributed by atoms with Gasteiger partial charge in [0.2, 0.25) is 0 Å². The van der Waals surface area contributed by atoms with Gasteiger partial charge in [-0.25, -0.2) is 17.8 Å². The van der Waals surface area contributed by atoms with Gasteiger partial charge in [0.05, 0.1) is 11.5 Å². The smallest absolute Gasteiger partial charge is 0.256 e. The molecule has 106 valence electrons. The fourth-order valence-corrected chi connectivity index (χ4v) is 2.19. The van der Waals surface area contributed by atoms with Crippen molar-refractivity contribution < 1.29 is 22.7 Å². The summed E-state index contributed by atoms with van der Waals surface area (Å²) in [6, 6.07) is 6.99. The zero-order chi connectivity index (χ0) is 14.8. The summed E-state index contributed by atoms with van der Waals surface area (Å²) in [6.45, 7) is -0.478. The van der Waals surface area contributed by atoms with Crippen LogP contribution in [0.5, 0.6) is 11.6 Å². The third-order valence-corrected chi connectivity index (χ3v) is 3.67. The summed E-state index contributed by atoms with van der Waals surface area (Å²) in [7, 11) is -3.37. The molecule has 0 saturated carbocycles. The van der Waals surface area contributed by atoms with Crippen molar-refractivity contribution in [2.75, 3.05) is 6.26 Å². The van der Waals surface area contributed by atoms with Crippen LogP contribution in [0, 0.1) is 5.82 Å². The van der Waals surface area contributed by atoms with Gasteiger partial charge in [0.1, 0.15) is 5.75 Å². The molecule has 1 N–H and O–H groups in total. The number of ether oxygens (including phenoxy) is 1. The second-order valence-electron chi connectivity index (χ2n) is 4.10. The first-order valence-corrected chi connectivity index (χ1v) is 7.53. The minimum absolute atomic E-state index is 0.0502. The van der Waals surface area contributed by atoms with Crippen molar-refractivity contribution in [2.24, 2.45) is 0 Å². The zero-order valence-corrected chi connectivity index (χ0v) is 11.4. The second kappa shape index (κ2) is 5.56. The number of aliphatic hydroxyl groups excluding tert-OH is 1. The van der Waals surface area contributed by atoms with Gasteiger partial charge < -0.3 is 9.84 Å². The largest absolute Gasteiger partial charge is 0.436 e. The molecule has 0 aliphatic carbocycles. The Morgan fingerprint density at radius 1 is 1.35 bits per heavy atom. The number of hydrogen-bond donors (Lipinski definition) is 1. The molecule has 20 heavy (non-hydrogen) atoms. The van der Waals surface area contributed by atoms with Gasteiger partial charge in [0.25, 0.3) is 5.88 Å². The molecule has 0 fully saturated rings. The fourth-order valence-electron chi connectivity index (χ4n) is 1.54. The van der Waals surface area contributed by atoms with E-state index in [-0.39, 0.29) is 22.1 Å². The molecule has 0 saturated heterocycles. The summed E-state index contributed by atoms with van der Waals surface area (Å²) in [5.74, 6) is -0.948. The maximum Gasteiger partial charge on any atom is 0.256 e. The monoisotopic (exact) mass is 297 g/mol. The van der Waals surface area contributed by atoms with Crippen molar-refractivity contribution in [3.63, 3.8) is 0 Å². The van der Waals surface area contributed by atoms with Gasteiger partial charge in [0.15, 0.2) is 15.7 Å². The van der Waals surface area contributed by atoms with Gasteiger partial charge in [-0.05, 0) is 24.3 Å². The highest BCUT2D eigenvalue weighted by molar-refractivity contribution is 7.90. The van der Waals surface area contributed by atoms with Gasteiger partial charge >= 0.3 is 0 Å². The number of benzene rings is 1. The van der Waals surface area contributed by atoms with E-state index >= 15 is 0 Å². The molecule has 7 heteroatoms. The van der Waals surface area contributed by atoms with Gasteiger partial charge in [-0.1, -0.05) is 6.07 Å². The van der Waals surface area contributed by atoms with E-state index < -0.39 is 22.3 Å². The van der Waals surface area contributed by atoms with Crippen molar-refractivity contribution in [1.82, 2.24) is 4.98 Å². The number of aliphatic hydroxyl groups is 1. The molecule has 0 aliphatic heterocycles. The average Bonchev–Trinajstić information content (AvgIpc) is 2.40. The Hall–Kier alpha value is -1.99. The summed E-state index contributed by atoms with van der Waals surface area (Å²) >= 11 is 0. The molecule has 1 aromatic heterocycles. The van der Waals surface area contributed by atoms with Gasteiger partial charge in [0, 0.05) is 18.0 Å². The molecule has 2 aromatic rings. The van der Waals surface area contributed by atoms with Crippen LogP contribution < -0.4 is 4.74 Å². The van der Waals surface area contributed by atoms with Crippen LogP contribution in [-0.4, -0.2) is 24.8 Å². The Balaban J connectivity index is 2.36. The summed E-state index contributed by atoms with van der Waals surface area (Å²) in [4.78, 5) is 3.78. The number of halogens is 1. The van der Waals surface area contributed by atoms with Crippen molar-refractivity contribution >= 4 is 9.84 Å². The number of pyridine rings is 1. The number of hydrogen-bond acceptors (Lipinski definition) is 5. The van der Waals surface area contributed by atoms with E-state index in [1.54, 1.807) is 0 Å². The number of nitrogens with zero attached hydrogens (tertiary/aromatic N) is 1. The lowest BCUT2D eigenvalue weighted by Gasteiger charge is -2.08. The summed E-state index contributed by atoms with van der Waals surface area (Å²) in [5.41, 5.74) is 0.0502. The zero-order valence-electron chi connectivity index (χ0n) is 10.6. The summed E-state index contributed by atoms with van der Waals surface area (Å²) < 4.78 is 41.9. The van der Waals surface area contributed by atoms with E-state index in [2.05, 4.69) is 4.98 Å². The average molecular weight is 297 g/mol. The number of aromatic nitrogens is 1. The molecule has 1 heterocycles. The van der Waals surface area contributed by atoms with Crippen molar-refractivity contribution in [3.05, 3.63) is 47.9 Å². The third kappa shape index (κ3) is 3.12. The molecule has 2 rings (SSSR count). The van der Waals surface area contributed by atoms with E-state index in [0.717, 1.165) is 6.26 Å². The lowest BCUT2D eigenvalue weighted by molar-refractivity contribution is 0.273. The van der Waals surface area contributed by atoms with E-state index in [1.807, 2.05) is 0 Å².